The summed E-state index contributed by atoms with van der Waals surface area (Å²) in [7, 11) is 0. The fourth-order valence-electron chi connectivity index (χ4n) is 14.7. The molecule has 4 aliphatic rings. The first-order valence-electron chi connectivity index (χ1n) is 31.3. The molecule has 0 radical (unpaired) electrons. The first-order chi connectivity index (χ1) is 45.7. The molecular weight excluding hydrogens is 1120 g/mol. The summed E-state index contributed by atoms with van der Waals surface area (Å²) in [5.41, 5.74) is 23.9. The number of hydrogen-bond donors (Lipinski definition) is 0. The fraction of sp³-hybridized carbons (Fsp3) is 0. The highest BCUT2D eigenvalue weighted by molar-refractivity contribution is 7.02. The second-order valence-electron chi connectivity index (χ2n) is 23.5. The molecule has 0 bridgehead atoms. The highest BCUT2D eigenvalue weighted by atomic mass is 16.5. The maximum absolute atomic E-state index is 8.15. The van der Waals surface area contributed by atoms with Gasteiger partial charge in [0, 0.05) is 98.1 Å². The molecule has 430 valence electrons. The van der Waals surface area contributed by atoms with Gasteiger partial charge >= 0.3 is 0 Å². The maximum Gasteiger partial charge on any atom is 0.256 e. The van der Waals surface area contributed by atoms with Crippen LogP contribution in [-0.2, 0) is 0 Å². The topological polar surface area (TPSA) is 57.2 Å². The minimum absolute atomic E-state index is 0.326. The van der Waals surface area contributed by atoms with E-state index in [0.717, 1.165) is 146 Å². The zero-order valence-electron chi connectivity index (χ0n) is 49.8. The van der Waals surface area contributed by atoms with Crippen LogP contribution in [0.25, 0.3) is 33.6 Å². The summed E-state index contributed by atoms with van der Waals surface area (Å²) in [5.74, 6) is 2.87. The number of nitrogens with zero attached hydrogens (tertiary/aromatic N) is 6. The second kappa shape index (κ2) is 21.9. The van der Waals surface area contributed by atoms with E-state index in [0.29, 0.717) is 11.5 Å². The summed E-state index contributed by atoms with van der Waals surface area (Å²) in [6, 6.07) is 112. The van der Waals surface area contributed by atoms with E-state index < -0.39 is 0 Å². The number of rotatable bonds is 11. The zero-order chi connectivity index (χ0) is 60.6. The Balaban J connectivity index is 0.984. The Labute approximate surface area is 535 Å². The number of pyridine rings is 2. The summed E-state index contributed by atoms with van der Waals surface area (Å²) in [4.78, 5) is 19.8. The van der Waals surface area contributed by atoms with Crippen LogP contribution in [-0.4, -0.2) is 23.4 Å². The SMILES string of the molecule is c1ccc(N(c2ccccc2)c2cc3c4c(c2)N(c2ccccc2)c2ccccc2B4c2cc4c(c(-c5c(-c6ccccn6)cccc5-c5ccccn5)c2O3)Oc2cc(N(c3ccccc3)c3ccccc3)cc3c2B4c2ccccc2N3c2ccccc2)cc1. The van der Waals surface area contributed by atoms with E-state index in [1.165, 1.54) is 0 Å². The van der Waals surface area contributed by atoms with Crippen LogP contribution >= 0.6 is 0 Å². The monoisotopic (exact) mass is 1180 g/mol. The minimum Gasteiger partial charge on any atom is -0.457 e. The van der Waals surface area contributed by atoms with Gasteiger partial charge in [0.2, 0.25) is 0 Å². The lowest BCUT2D eigenvalue weighted by Crippen LogP contribution is -2.63. The van der Waals surface area contributed by atoms with E-state index in [1.54, 1.807) is 0 Å². The van der Waals surface area contributed by atoms with Crippen LogP contribution in [0.5, 0.6) is 23.0 Å². The molecule has 6 heterocycles. The quantitative estimate of drug-likeness (QED) is 0.119. The van der Waals surface area contributed by atoms with Crippen molar-refractivity contribution < 1.29 is 9.47 Å². The van der Waals surface area contributed by atoms with Crippen LogP contribution in [0.15, 0.2) is 328 Å². The average molecular weight is 1180 g/mol. The van der Waals surface area contributed by atoms with Gasteiger partial charge < -0.3 is 29.1 Å². The Morgan fingerprint density at radius 1 is 0.283 bits per heavy atom. The zero-order valence-corrected chi connectivity index (χ0v) is 49.8. The molecular formula is C82H54B2N6O2. The Bertz CT molecular complexity index is 4740. The molecule has 92 heavy (non-hydrogen) atoms. The van der Waals surface area contributed by atoms with Gasteiger partial charge in [-0.25, -0.2) is 0 Å². The maximum atomic E-state index is 8.15. The highest BCUT2D eigenvalue weighted by Crippen LogP contribution is 2.54. The van der Waals surface area contributed by atoms with Crippen molar-refractivity contribution in [3.8, 4) is 56.6 Å². The second-order valence-corrected chi connectivity index (χ2v) is 23.5. The summed E-state index contributed by atoms with van der Waals surface area (Å²) in [5, 5.41) is 0. The minimum atomic E-state index is -0.326. The first-order valence-corrected chi connectivity index (χ1v) is 31.3. The third kappa shape index (κ3) is 8.56. The molecule has 2 aromatic heterocycles. The molecule has 0 saturated heterocycles. The van der Waals surface area contributed by atoms with Crippen LogP contribution in [0, 0.1) is 0 Å². The number of hydrogen-bond acceptors (Lipinski definition) is 8. The fourth-order valence-corrected chi connectivity index (χ4v) is 14.7. The Morgan fingerprint density at radius 2 is 0.641 bits per heavy atom. The third-order valence-corrected chi connectivity index (χ3v) is 18.4. The molecule has 10 heteroatoms. The van der Waals surface area contributed by atoms with E-state index in [9.17, 15) is 0 Å². The van der Waals surface area contributed by atoms with E-state index >= 15 is 0 Å². The van der Waals surface area contributed by atoms with Crippen molar-refractivity contribution in [2.45, 2.75) is 0 Å². The predicted octanol–water partition coefficient (Wildman–Crippen LogP) is 17.2. The molecule has 0 fully saturated rings. The summed E-state index contributed by atoms with van der Waals surface area (Å²) in [6.45, 7) is -0.651. The van der Waals surface area contributed by atoms with Gasteiger partial charge in [0.05, 0.1) is 28.3 Å². The van der Waals surface area contributed by atoms with E-state index in [-0.39, 0.29) is 13.4 Å². The van der Waals surface area contributed by atoms with Crippen LogP contribution in [0.2, 0.25) is 0 Å². The van der Waals surface area contributed by atoms with E-state index in [1.807, 2.05) is 24.5 Å². The molecule has 0 unspecified atom stereocenters. The molecule has 0 aliphatic carbocycles. The molecule has 0 atom stereocenters. The first kappa shape index (κ1) is 52.9. The van der Waals surface area contributed by atoms with Gasteiger partial charge in [-0.3, -0.25) is 9.97 Å². The lowest BCUT2D eigenvalue weighted by Gasteiger charge is -2.44. The number of fused-ring (bicyclic) bond motifs is 8. The van der Waals surface area contributed by atoms with Crippen LogP contribution in [0.3, 0.4) is 0 Å². The summed E-state index contributed by atoms with van der Waals surface area (Å²) >= 11 is 0. The molecule has 0 spiro atoms. The van der Waals surface area contributed by atoms with Crippen molar-refractivity contribution >= 4 is 114 Å². The standard InChI is InChI=1S/C82H54B2N6O2/c1-7-28-55(29-8-1)87(56-30-9-2-10-31-56)61-50-73-79-75(52-61)91-81-67(83(79)65-42-19-21-46-71(65)89(73)59-36-15-5-16-37-59)54-68-82(78(81)77-63(69-44-23-25-48-85-69)40-27-41-64(77)70-45-24-26-49-86-70)92-76-53-62(88(57-32-11-3-12-33-57)58-34-13-4-14-35-58)51-74-80(76)84(68)66-43-20-22-47-72(66)90(74)60-38-17-6-18-39-60/h1-54H. The van der Waals surface area contributed by atoms with Gasteiger partial charge in [0.1, 0.15) is 23.0 Å². The molecule has 12 aromatic carbocycles. The van der Waals surface area contributed by atoms with Crippen LogP contribution < -0.4 is 61.9 Å². The number of ether oxygens (including phenoxy) is 2. The highest BCUT2D eigenvalue weighted by Gasteiger charge is 2.49. The van der Waals surface area contributed by atoms with Gasteiger partial charge in [0.15, 0.2) is 0 Å². The molecule has 8 nitrogen and oxygen atoms in total. The van der Waals surface area contributed by atoms with E-state index in [2.05, 4.69) is 323 Å². The third-order valence-electron chi connectivity index (χ3n) is 18.4. The largest absolute Gasteiger partial charge is 0.457 e. The van der Waals surface area contributed by atoms with Gasteiger partial charge in [-0.1, -0.05) is 182 Å². The average Bonchev–Trinajstić information content (AvgIpc) is 0.690. The smallest absolute Gasteiger partial charge is 0.256 e. The Kier molecular flexibility index (Phi) is 12.6. The van der Waals surface area contributed by atoms with Crippen LogP contribution in [0.1, 0.15) is 0 Å². The normalized spacial score (nSPS) is 12.7. The molecule has 18 rings (SSSR count). The van der Waals surface area contributed by atoms with Gasteiger partial charge in [0.25, 0.3) is 13.4 Å². The summed E-state index contributed by atoms with van der Waals surface area (Å²) in [6.07, 6.45) is 3.75. The number of anilines is 12. The summed E-state index contributed by atoms with van der Waals surface area (Å²) < 4.78 is 16.3. The predicted molar refractivity (Wildman–Crippen MR) is 379 cm³/mol. The number of benzene rings is 12. The number of aromatic nitrogens is 2. The number of para-hydroxylation sites is 8. The van der Waals surface area contributed by atoms with Crippen molar-refractivity contribution in [3.05, 3.63) is 328 Å². The van der Waals surface area contributed by atoms with Crippen molar-refractivity contribution in [1.29, 1.82) is 0 Å². The lowest BCUT2D eigenvalue weighted by atomic mass is 9.30. The Hall–Kier alpha value is -12.1. The van der Waals surface area contributed by atoms with Gasteiger partial charge in [-0.05, 0) is 154 Å². The van der Waals surface area contributed by atoms with Crippen LogP contribution in [0.4, 0.5) is 68.2 Å². The molecule has 4 aliphatic heterocycles. The molecule has 0 N–H and O–H groups in total. The van der Waals surface area contributed by atoms with Crippen molar-refractivity contribution in [2.24, 2.45) is 0 Å². The van der Waals surface area contributed by atoms with E-state index in [4.69, 9.17) is 19.4 Å². The lowest BCUT2D eigenvalue weighted by molar-refractivity contribution is 0.469. The van der Waals surface area contributed by atoms with Gasteiger partial charge in [-0.15, -0.1) is 0 Å². The molecule has 0 amide bonds. The van der Waals surface area contributed by atoms with Crippen molar-refractivity contribution in [3.63, 3.8) is 0 Å². The van der Waals surface area contributed by atoms with Crippen molar-refractivity contribution in [2.75, 3.05) is 19.6 Å². The Morgan fingerprint density at radius 3 is 1.02 bits per heavy atom. The molecule has 14 aromatic rings. The molecule has 0 saturated carbocycles. The van der Waals surface area contributed by atoms with Gasteiger partial charge in [-0.2, -0.15) is 0 Å². The van der Waals surface area contributed by atoms with Crippen molar-refractivity contribution in [1.82, 2.24) is 9.97 Å².